The molecule has 6 nitrogen and oxygen atoms in total. The molecule has 22 heavy (non-hydrogen) atoms. The lowest BCUT2D eigenvalue weighted by Crippen LogP contribution is -2.34. The second-order valence-electron chi connectivity index (χ2n) is 5.64. The largest absolute Gasteiger partial charge is 0.710 e. The molecule has 0 aliphatic carbocycles. The third-order valence-corrected chi connectivity index (χ3v) is 4.06. The monoisotopic (exact) mass is 300 g/mol. The number of benzene rings is 1. The van der Waals surface area contributed by atoms with Crippen molar-refractivity contribution < 1.29 is 9.52 Å². The zero-order chi connectivity index (χ0) is 15.5. The number of hydrogen-bond acceptors (Lipinski definition) is 3. The van der Waals surface area contributed by atoms with Crippen LogP contribution in [0, 0.1) is 12.1 Å². The normalized spacial score (nSPS) is 17.6. The molecule has 2 heterocycles. The quantitative estimate of drug-likeness (QED) is 0.663. The second kappa shape index (κ2) is 6.19. The third kappa shape index (κ3) is 2.96. The van der Waals surface area contributed by atoms with Crippen LogP contribution in [0.5, 0.6) is 0 Å². The number of hydrogen-bond donors (Lipinski definition) is 2. The standard InChI is InChI=1S/C16H20N4O2/c1-12-15(16(21)18-13-6-3-2-4-7-13)20(22)11-19(12)10-14-8-5-9-17-14/h2-4,6-7,11,14,17H,5,8-10H2,1H3,(H,18,21)/t14-/m0/s1. The Balaban J connectivity index is 1.78. The van der Waals surface area contributed by atoms with Crippen molar-refractivity contribution in [3.05, 3.63) is 53.3 Å². The van der Waals surface area contributed by atoms with E-state index >= 15 is 0 Å². The van der Waals surface area contributed by atoms with E-state index in [2.05, 4.69) is 10.6 Å². The van der Waals surface area contributed by atoms with Crippen molar-refractivity contribution in [3.63, 3.8) is 0 Å². The summed E-state index contributed by atoms with van der Waals surface area (Å²) in [6.45, 7) is 3.54. The molecule has 0 saturated carbocycles. The van der Waals surface area contributed by atoms with Gasteiger partial charge in [0.15, 0.2) is 5.69 Å². The van der Waals surface area contributed by atoms with Gasteiger partial charge >= 0.3 is 0 Å². The Morgan fingerprint density at radius 3 is 2.91 bits per heavy atom. The van der Waals surface area contributed by atoms with Gasteiger partial charge in [-0.15, -0.1) is 0 Å². The number of rotatable bonds is 4. The first-order valence-electron chi connectivity index (χ1n) is 7.54. The highest BCUT2D eigenvalue weighted by molar-refractivity contribution is 6.02. The summed E-state index contributed by atoms with van der Waals surface area (Å²) in [7, 11) is 0. The van der Waals surface area contributed by atoms with E-state index < -0.39 is 0 Å². The van der Waals surface area contributed by atoms with Gasteiger partial charge in [-0.05, 0) is 31.5 Å². The third-order valence-electron chi connectivity index (χ3n) is 4.06. The molecule has 1 aliphatic rings. The highest BCUT2D eigenvalue weighted by atomic mass is 16.5. The lowest BCUT2D eigenvalue weighted by molar-refractivity contribution is -0.607. The van der Waals surface area contributed by atoms with E-state index in [9.17, 15) is 10.0 Å². The average molecular weight is 300 g/mol. The van der Waals surface area contributed by atoms with E-state index in [0.717, 1.165) is 19.4 Å². The van der Waals surface area contributed by atoms with E-state index in [1.807, 2.05) is 29.7 Å². The predicted octanol–water partition coefficient (Wildman–Crippen LogP) is 1.43. The molecule has 116 valence electrons. The predicted molar refractivity (Wildman–Crippen MR) is 83.5 cm³/mol. The molecule has 0 unspecified atom stereocenters. The summed E-state index contributed by atoms with van der Waals surface area (Å²) in [5, 5.41) is 18.2. The molecule has 0 bridgehead atoms. The first-order chi connectivity index (χ1) is 10.6. The fourth-order valence-electron chi connectivity index (χ4n) is 2.88. The van der Waals surface area contributed by atoms with Gasteiger partial charge in [0.05, 0.1) is 0 Å². The number of imidazole rings is 1. The highest BCUT2D eigenvalue weighted by Crippen LogP contribution is 2.13. The topological polar surface area (TPSA) is 73.0 Å². The molecule has 1 amide bonds. The maximum Gasteiger partial charge on any atom is 0.300 e. The number of carbonyl (C=O) groups excluding carboxylic acids is 1. The average Bonchev–Trinajstić information content (AvgIpc) is 3.09. The minimum atomic E-state index is -0.378. The Morgan fingerprint density at radius 2 is 2.23 bits per heavy atom. The van der Waals surface area contributed by atoms with Crippen LogP contribution >= 0.6 is 0 Å². The molecule has 2 N–H and O–H groups in total. The molecule has 1 fully saturated rings. The Kier molecular flexibility index (Phi) is 4.11. The lowest BCUT2D eigenvalue weighted by atomic mass is 10.2. The van der Waals surface area contributed by atoms with E-state index in [4.69, 9.17) is 0 Å². The molecule has 6 heteroatoms. The van der Waals surface area contributed by atoms with Crippen molar-refractivity contribution in [3.8, 4) is 0 Å². The summed E-state index contributed by atoms with van der Waals surface area (Å²) < 4.78 is 2.51. The molecular weight excluding hydrogens is 280 g/mol. The highest BCUT2D eigenvalue weighted by Gasteiger charge is 2.26. The van der Waals surface area contributed by atoms with Crippen molar-refractivity contribution in [2.45, 2.75) is 32.4 Å². The van der Waals surface area contributed by atoms with Crippen LogP contribution in [0.3, 0.4) is 0 Å². The summed E-state index contributed by atoms with van der Waals surface area (Å²) in [6, 6.07) is 9.51. The minimum Gasteiger partial charge on any atom is -0.710 e. The summed E-state index contributed by atoms with van der Waals surface area (Å²) in [5.41, 5.74) is 1.52. The van der Waals surface area contributed by atoms with Crippen LogP contribution in [-0.2, 0) is 6.54 Å². The number of carbonyl (C=O) groups is 1. The van der Waals surface area contributed by atoms with Gasteiger partial charge in [0, 0.05) is 18.7 Å². The molecule has 3 rings (SSSR count). The van der Waals surface area contributed by atoms with Crippen molar-refractivity contribution >= 4 is 11.6 Å². The number of nitrogens with zero attached hydrogens (tertiary/aromatic N) is 2. The van der Waals surface area contributed by atoms with Crippen molar-refractivity contribution in [1.82, 2.24) is 9.88 Å². The van der Waals surface area contributed by atoms with E-state index in [1.165, 1.54) is 6.33 Å². The van der Waals surface area contributed by atoms with Crippen LogP contribution in [0.15, 0.2) is 36.7 Å². The van der Waals surface area contributed by atoms with Gasteiger partial charge in [-0.25, -0.2) is 9.30 Å². The fraction of sp³-hybridized carbons (Fsp3) is 0.375. The SMILES string of the molecule is Cc1c(C(=O)Nc2ccccc2)[n+]([O-])cn1C[C@@H]1CCCN1. The summed E-state index contributed by atoms with van der Waals surface area (Å²) in [5.74, 6) is -0.378. The first kappa shape index (κ1) is 14.6. The van der Waals surface area contributed by atoms with Gasteiger partial charge in [0.1, 0.15) is 6.54 Å². The molecule has 1 atom stereocenters. The number of para-hydroxylation sites is 1. The number of nitrogens with one attached hydrogen (secondary N) is 2. The smallest absolute Gasteiger partial charge is 0.300 e. The Hall–Kier alpha value is -2.34. The second-order valence-corrected chi connectivity index (χ2v) is 5.64. The molecule has 0 spiro atoms. The minimum absolute atomic E-state index is 0.154. The van der Waals surface area contributed by atoms with Crippen LogP contribution in [0.2, 0.25) is 0 Å². The number of aromatic nitrogens is 2. The molecule has 2 aromatic rings. The van der Waals surface area contributed by atoms with Gasteiger partial charge < -0.3 is 15.8 Å². The Labute approximate surface area is 129 Å². The van der Waals surface area contributed by atoms with Crippen LogP contribution in [0.4, 0.5) is 5.69 Å². The fourth-order valence-corrected chi connectivity index (χ4v) is 2.88. The van der Waals surface area contributed by atoms with Crippen molar-refractivity contribution in [2.24, 2.45) is 0 Å². The van der Waals surface area contributed by atoms with E-state index in [1.54, 1.807) is 12.1 Å². The number of amides is 1. The molecule has 1 saturated heterocycles. The van der Waals surface area contributed by atoms with Gasteiger partial charge in [-0.3, -0.25) is 4.79 Å². The van der Waals surface area contributed by atoms with Crippen LogP contribution in [0.25, 0.3) is 0 Å². The van der Waals surface area contributed by atoms with Crippen LogP contribution in [-0.4, -0.2) is 23.1 Å². The van der Waals surface area contributed by atoms with Crippen LogP contribution in [0.1, 0.15) is 29.0 Å². The van der Waals surface area contributed by atoms with E-state index in [0.29, 0.717) is 28.7 Å². The summed E-state index contributed by atoms with van der Waals surface area (Å²) >= 11 is 0. The Bertz CT molecular complexity index is 660. The van der Waals surface area contributed by atoms with Gasteiger partial charge in [-0.2, -0.15) is 0 Å². The van der Waals surface area contributed by atoms with Gasteiger partial charge in [-0.1, -0.05) is 18.2 Å². The van der Waals surface area contributed by atoms with Crippen molar-refractivity contribution in [1.29, 1.82) is 0 Å². The summed E-state index contributed by atoms with van der Waals surface area (Å²) in [4.78, 5) is 12.3. The lowest BCUT2D eigenvalue weighted by Gasteiger charge is -2.07. The number of anilines is 1. The first-order valence-corrected chi connectivity index (χ1v) is 7.54. The molecule has 1 aromatic heterocycles. The maximum absolute atomic E-state index is 12.3. The zero-order valence-electron chi connectivity index (χ0n) is 12.6. The van der Waals surface area contributed by atoms with Crippen LogP contribution < -0.4 is 15.4 Å². The molecule has 1 aromatic carbocycles. The van der Waals surface area contributed by atoms with Gasteiger partial charge in [0.25, 0.3) is 5.91 Å². The van der Waals surface area contributed by atoms with Gasteiger partial charge in [0.2, 0.25) is 12.0 Å². The molecule has 0 radical (unpaired) electrons. The maximum atomic E-state index is 12.3. The van der Waals surface area contributed by atoms with E-state index in [-0.39, 0.29) is 11.6 Å². The zero-order valence-corrected chi connectivity index (χ0v) is 12.6. The molecular formula is C16H20N4O2. The summed E-state index contributed by atoms with van der Waals surface area (Å²) in [6.07, 6.45) is 3.71. The Morgan fingerprint density at radius 1 is 1.45 bits per heavy atom. The van der Waals surface area contributed by atoms with Crippen molar-refractivity contribution in [2.75, 3.05) is 11.9 Å². The molecule has 1 aliphatic heterocycles.